The van der Waals surface area contributed by atoms with Crippen molar-refractivity contribution in [3.8, 4) is 5.75 Å². The third kappa shape index (κ3) is 2.81. The zero-order valence-electron chi connectivity index (χ0n) is 11.4. The summed E-state index contributed by atoms with van der Waals surface area (Å²) in [5.74, 6) is 1.36. The first-order chi connectivity index (χ1) is 10.4. The molecule has 106 valence electrons. The molecule has 0 bridgehead atoms. The second kappa shape index (κ2) is 6.00. The third-order valence-corrected chi connectivity index (χ3v) is 2.82. The molecule has 0 amide bonds. The number of aromatic nitrogens is 4. The van der Waals surface area contributed by atoms with Gasteiger partial charge in [0.2, 0.25) is 0 Å². The van der Waals surface area contributed by atoms with Crippen molar-refractivity contribution in [1.82, 2.24) is 19.9 Å². The molecule has 0 aliphatic carbocycles. The van der Waals surface area contributed by atoms with Crippen LogP contribution in [-0.2, 0) is 0 Å². The number of hydrogen-bond acceptors (Lipinski definition) is 6. The molecular formula is C14H14N6O. The molecule has 2 heterocycles. The van der Waals surface area contributed by atoms with Gasteiger partial charge in [-0.3, -0.25) is 5.43 Å². The summed E-state index contributed by atoms with van der Waals surface area (Å²) < 4.78 is 5.54. The van der Waals surface area contributed by atoms with E-state index in [1.165, 1.54) is 6.33 Å². The van der Waals surface area contributed by atoms with Crippen LogP contribution in [-0.4, -0.2) is 32.8 Å². The quantitative estimate of drug-likeness (QED) is 0.553. The molecule has 0 aliphatic rings. The van der Waals surface area contributed by atoms with Gasteiger partial charge in [0.25, 0.3) is 0 Å². The number of anilines is 1. The van der Waals surface area contributed by atoms with Gasteiger partial charge in [0, 0.05) is 5.56 Å². The van der Waals surface area contributed by atoms with Crippen molar-refractivity contribution in [2.45, 2.75) is 6.92 Å². The van der Waals surface area contributed by atoms with Gasteiger partial charge in [-0.2, -0.15) is 5.10 Å². The van der Waals surface area contributed by atoms with Crippen LogP contribution in [0.2, 0.25) is 0 Å². The maximum atomic E-state index is 5.54. The highest BCUT2D eigenvalue weighted by Crippen LogP contribution is 2.17. The predicted molar refractivity (Wildman–Crippen MR) is 80.5 cm³/mol. The zero-order valence-corrected chi connectivity index (χ0v) is 11.4. The fourth-order valence-electron chi connectivity index (χ4n) is 1.89. The van der Waals surface area contributed by atoms with Gasteiger partial charge in [0.15, 0.2) is 11.5 Å². The molecule has 2 N–H and O–H groups in total. The number of fused-ring (bicyclic) bond motifs is 1. The lowest BCUT2D eigenvalue weighted by molar-refractivity contribution is 0.340. The molecule has 0 saturated heterocycles. The Kier molecular flexibility index (Phi) is 3.72. The van der Waals surface area contributed by atoms with Crippen LogP contribution in [0.25, 0.3) is 11.2 Å². The fourth-order valence-corrected chi connectivity index (χ4v) is 1.89. The molecule has 0 atom stereocenters. The lowest BCUT2D eigenvalue weighted by Crippen LogP contribution is -1.98. The Morgan fingerprint density at radius 2 is 2.19 bits per heavy atom. The van der Waals surface area contributed by atoms with E-state index in [2.05, 4.69) is 30.5 Å². The van der Waals surface area contributed by atoms with Crippen LogP contribution in [0.4, 0.5) is 5.82 Å². The number of imidazole rings is 1. The first kappa shape index (κ1) is 13.0. The standard InChI is InChI=1S/C14H14N6O/c1-2-21-11-6-4-3-5-10(11)7-19-20-14-12-13(16-8-15-12)17-9-18-14/h3-9H,2H2,1H3,(H2,15,16,17,18,20). The average molecular weight is 282 g/mol. The van der Waals surface area contributed by atoms with Gasteiger partial charge < -0.3 is 9.72 Å². The summed E-state index contributed by atoms with van der Waals surface area (Å²) in [7, 11) is 0. The number of hydrogen-bond donors (Lipinski definition) is 2. The molecule has 0 saturated carbocycles. The van der Waals surface area contributed by atoms with E-state index >= 15 is 0 Å². The molecule has 21 heavy (non-hydrogen) atoms. The molecule has 2 aromatic heterocycles. The lowest BCUT2D eigenvalue weighted by atomic mass is 10.2. The second-order valence-electron chi connectivity index (χ2n) is 4.16. The molecule has 1 aromatic carbocycles. The van der Waals surface area contributed by atoms with Gasteiger partial charge in [-0.15, -0.1) is 0 Å². The smallest absolute Gasteiger partial charge is 0.182 e. The number of para-hydroxylation sites is 1. The molecule has 0 fully saturated rings. The molecular weight excluding hydrogens is 268 g/mol. The van der Waals surface area contributed by atoms with Gasteiger partial charge >= 0.3 is 0 Å². The van der Waals surface area contributed by atoms with Gasteiger partial charge in [0.05, 0.1) is 19.1 Å². The summed E-state index contributed by atoms with van der Waals surface area (Å²) >= 11 is 0. The van der Waals surface area contributed by atoms with Crippen molar-refractivity contribution in [2.75, 3.05) is 12.0 Å². The highest BCUT2D eigenvalue weighted by atomic mass is 16.5. The van der Waals surface area contributed by atoms with E-state index < -0.39 is 0 Å². The monoisotopic (exact) mass is 282 g/mol. The number of aromatic amines is 1. The number of rotatable bonds is 5. The van der Waals surface area contributed by atoms with Crippen LogP contribution in [0.5, 0.6) is 5.75 Å². The number of ether oxygens (including phenoxy) is 1. The molecule has 3 rings (SSSR count). The van der Waals surface area contributed by atoms with E-state index in [1.807, 2.05) is 31.2 Å². The fraction of sp³-hybridized carbons (Fsp3) is 0.143. The number of nitrogens with one attached hydrogen (secondary N) is 2. The molecule has 0 radical (unpaired) electrons. The molecule has 0 unspecified atom stereocenters. The van der Waals surface area contributed by atoms with Crippen LogP contribution in [0, 0.1) is 0 Å². The van der Waals surface area contributed by atoms with Crippen molar-refractivity contribution in [1.29, 1.82) is 0 Å². The Labute approximate surface area is 121 Å². The zero-order chi connectivity index (χ0) is 14.5. The van der Waals surface area contributed by atoms with E-state index in [0.717, 1.165) is 11.3 Å². The minimum absolute atomic E-state index is 0.572. The normalized spacial score (nSPS) is 11.1. The number of nitrogens with zero attached hydrogens (tertiary/aromatic N) is 4. The Hall–Kier alpha value is -2.96. The van der Waals surface area contributed by atoms with Crippen LogP contribution in [0.1, 0.15) is 12.5 Å². The van der Waals surface area contributed by atoms with Crippen molar-refractivity contribution < 1.29 is 4.74 Å². The summed E-state index contributed by atoms with van der Waals surface area (Å²) in [5, 5.41) is 4.19. The van der Waals surface area contributed by atoms with Crippen molar-refractivity contribution in [2.24, 2.45) is 5.10 Å². The molecule has 3 aromatic rings. The van der Waals surface area contributed by atoms with E-state index in [-0.39, 0.29) is 0 Å². The number of hydrazone groups is 1. The van der Waals surface area contributed by atoms with Gasteiger partial charge in [0.1, 0.15) is 17.6 Å². The highest BCUT2D eigenvalue weighted by molar-refractivity contribution is 5.86. The SMILES string of the molecule is CCOc1ccccc1C=NNc1ncnc2nc[nH]c12. The van der Waals surface area contributed by atoms with Gasteiger partial charge in [-0.1, -0.05) is 12.1 Å². The first-order valence-corrected chi connectivity index (χ1v) is 6.53. The summed E-state index contributed by atoms with van der Waals surface area (Å²) in [6.45, 7) is 2.56. The minimum atomic E-state index is 0.572. The summed E-state index contributed by atoms with van der Waals surface area (Å²) in [5.41, 5.74) is 5.08. The summed E-state index contributed by atoms with van der Waals surface area (Å²) in [6, 6.07) is 7.69. The number of H-pyrrole nitrogens is 1. The topological polar surface area (TPSA) is 88.1 Å². The van der Waals surface area contributed by atoms with E-state index in [0.29, 0.717) is 23.6 Å². The predicted octanol–water partition coefficient (Wildman–Crippen LogP) is 2.20. The average Bonchev–Trinajstić information content (AvgIpc) is 2.99. The highest BCUT2D eigenvalue weighted by Gasteiger charge is 2.04. The van der Waals surface area contributed by atoms with Crippen LogP contribution < -0.4 is 10.2 Å². The van der Waals surface area contributed by atoms with Crippen molar-refractivity contribution >= 4 is 23.2 Å². The van der Waals surface area contributed by atoms with Crippen molar-refractivity contribution in [3.05, 3.63) is 42.5 Å². The first-order valence-electron chi connectivity index (χ1n) is 6.53. The maximum Gasteiger partial charge on any atom is 0.182 e. The Bertz CT molecular complexity index is 767. The molecule has 0 spiro atoms. The van der Waals surface area contributed by atoms with E-state index in [1.54, 1.807) is 12.5 Å². The van der Waals surface area contributed by atoms with Crippen LogP contribution in [0.3, 0.4) is 0 Å². The lowest BCUT2D eigenvalue weighted by Gasteiger charge is -2.06. The van der Waals surface area contributed by atoms with E-state index in [4.69, 9.17) is 4.74 Å². The van der Waals surface area contributed by atoms with E-state index in [9.17, 15) is 0 Å². The van der Waals surface area contributed by atoms with Gasteiger partial charge in [-0.05, 0) is 19.1 Å². The molecule has 7 nitrogen and oxygen atoms in total. The van der Waals surface area contributed by atoms with Crippen molar-refractivity contribution in [3.63, 3.8) is 0 Å². The largest absolute Gasteiger partial charge is 0.493 e. The molecule has 0 aliphatic heterocycles. The Balaban J connectivity index is 1.80. The summed E-state index contributed by atoms with van der Waals surface area (Å²) in [4.78, 5) is 15.2. The van der Waals surface area contributed by atoms with Gasteiger partial charge in [-0.25, -0.2) is 15.0 Å². The Morgan fingerprint density at radius 3 is 3.10 bits per heavy atom. The number of benzene rings is 1. The third-order valence-electron chi connectivity index (χ3n) is 2.82. The second-order valence-corrected chi connectivity index (χ2v) is 4.16. The van der Waals surface area contributed by atoms with Crippen LogP contribution >= 0.6 is 0 Å². The minimum Gasteiger partial charge on any atom is -0.493 e. The molecule has 7 heteroatoms. The Morgan fingerprint density at radius 1 is 1.29 bits per heavy atom. The van der Waals surface area contributed by atoms with Crippen LogP contribution in [0.15, 0.2) is 42.0 Å². The summed E-state index contributed by atoms with van der Waals surface area (Å²) in [6.07, 6.45) is 4.70. The maximum absolute atomic E-state index is 5.54.